The first kappa shape index (κ1) is 13.9. The number of aryl methyl sites for hydroxylation is 3. The molecule has 2 heterocycles. The molecule has 1 aliphatic heterocycles. The maximum atomic E-state index is 12.1. The minimum absolute atomic E-state index is 0.140. The Balaban J connectivity index is 1.49. The molecular weight excluding hydrogens is 262 g/mol. The number of carbonyl (C=O) groups excluding carboxylic acids is 1. The van der Waals surface area contributed by atoms with Crippen LogP contribution in [0.4, 0.5) is 0 Å². The number of nitrogens with zero attached hydrogens (tertiary/aromatic N) is 2. The average Bonchev–Trinajstić information content (AvgIpc) is 2.93. The number of rotatable bonds is 4. The maximum Gasteiger partial charge on any atom is 0.220 e. The molecule has 0 aliphatic carbocycles. The second-order valence-electron chi connectivity index (χ2n) is 5.78. The van der Waals surface area contributed by atoms with E-state index in [1.54, 1.807) is 0 Å². The number of hydrogen-bond donors (Lipinski definition) is 1. The van der Waals surface area contributed by atoms with Crippen molar-refractivity contribution in [2.45, 2.75) is 45.2 Å². The Kier molecular flexibility index (Phi) is 4.04. The number of aromatic nitrogens is 2. The molecule has 0 saturated carbocycles. The average molecular weight is 283 g/mol. The van der Waals surface area contributed by atoms with E-state index in [9.17, 15) is 4.79 Å². The van der Waals surface area contributed by atoms with Crippen LogP contribution < -0.4 is 5.32 Å². The predicted octanol–water partition coefficient (Wildman–Crippen LogP) is 2.26. The minimum Gasteiger partial charge on any atom is -0.353 e. The zero-order chi connectivity index (χ0) is 14.7. The van der Waals surface area contributed by atoms with Gasteiger partial charge in [0.2, 0.25) is 5.91 Å². The van der Waals surface area contributed by atoms with E-state index in [-0.39, 0.29) is 11.9 Å². The SMILES string of the molecule is Cc1cccc(CCC(=O)NC2CCn3ccnc3C2)c1. The summed E-state index contributed by atoms with van der Waals surface area (Å²) < 4.78 is 2.16. The van der Waals surface area contributed by atoms with Crippen LogP contribution in [0.15, 0.2) is 36.7 Å². The molecule has 2 aromatic rings. The first-order valence-electron chi connectivity index (χ1n) is 7.55. The molecule has 4 nitrogen and oxygen atoms in total. The zero-order valence-electron chi connectivity index (χ0n) is 12.4. The highest BCUT2D eigenvalue weighted by Crippen LogP contribution is 2.13. The van der Waals surface area contributed by atoms with Crippen molar-refractivity contribution >= 4 is 5.91 Å². The highest BCUT2D eigenvalue weighted by atomic mass is 16.1. The summed E-state index contributed by atoms with van der Waals surface area (Å²) in [6.45, 7) is 3.02. The Morgan fingerprint density at radius 2 is 2.38 bits per heavy atom. The summed E-state index contributed by atoms with van der Waals surface area (Å²) in [5.74, 6) is 1.21. The van der Waals surface area contributed by atoms with Crippen molar-refractivity contribution in [1.29, 1.82) is 0 Å². The molecule has 3 rings (SSSR count). The van der Waals surface area contributed by atoms with Crippen LogP contribution in [0.25, 0.3) is 0 Å². The third-order valence-corrected chi connectivity index (χ3v) is 4.04. The lowest BCUT2D eigenvalue weighted by Crippen LogP contribution is -2.40. The molecule has 1 amide bonds. The number of benzene rings is 1. The summed E-state index contributed by atoms with van der Waals surface area (Å²) in [7, 11) is 0. The molecular formula is C17H21N3O. The molecule has 0 saturated heterocycles. The van der Waals surface area contributed by atoms with Crippen molar-refractivity contribution < 1.29 is 4.79 Å². The molecule has 1 N–H and O–H groups in total. The van der Waals surface area contributed by atoms with Gasteiger partial charge in [0.1, 0.15) is 5.82 Å². The van der Waals surface area contributed by atoms with Crippen molar-refractivity contribution in [3.63, 3.8) is 0 Å². The van der Waals surface area contributed by atoms with Crippen LogP contribution in [-0.2, 0) is 24.2 Å². The van der Waals surface area contributed by atoms with Gasteiger partial charge in [-0.2, -0.15) is 0 Å². The molecule has 0 radical (unpaired) electrons. The highest BCUT2D eigenvalue weighted by molar-refractivity contribution is 5.76. The number of amides is 1. The van der Waals surface area contributed by atoms with Crippen molar-refractivity contribution in [2.75, 3.05) is 0 Å². The summed E-state index contributed by atoms with van der Waals surface area (Å²) >= 11 is 0. The van der Waals surface area contributed by atoms with Crippen molar-refractivity contribution in [3.05, 3.63) is 53.6 Å². The molecule has 1 atom stereocenters. The van der Waals surface area contributed by atoms with Crippen molar-refractivity contribution in [1.82, 2.24) is 14.9 Å². The fourth-order valence-electron chi connectivity index (χ4n) is 2.90. The number of nitrogens with one attached hydrogen (secondary N) is 1. The summed E-state index contributed by atoms with van der Waals surface area (Å²) in [4.78, 5) is 16.4. The van der Waals surface area contributed by atoms with Crippen LogP contribution in [0.2, 0.25) is 0 Å². The molecule has 4 heteroatoms. The standard InChI is InChI=1S/C17H21N3O/c1-13-3-2-4-14(11-13)5-6-17(21)19-15-7-9-20-10-8-18-16(20)12-15/h2-4,8,10-11,15H,5-7,9,12H2,1H3,(H,19,21). The molecule has 0 bridgehead atoms. The van der Waals surface area contributed by atoms with E-state index in [4.69, 9.17) is 0 Å². The third-order valence-electron chi connectivity index (χ3n) is 4.04. The zero-order valence-corrected chi connectivity index (χ0v) is 12.4. The predicted molar refractivity (Wildman–Crippen MR) is 82.0 cm³/mol. The van der Waals surface area contributed by atoms with Gasteiger partial charge < -0.3 is 9.88 Å². The molecule has 110 valence electrons. The lowest BCUT2D eigenvalue weighted by atomic mass is 10.0. The lowest BCUT2D eigenvalue weighted by molar-refractivity contribution is -0.121. The molecule has 0 fully saturated rings. The maximum absolute atomic E-state index is 12.1. The number of hydrogen-bond acceptors (Lipinski definition) is 2. The Bertz CT molecular complexity index is 632. The van der Waals surface area contributed by atoms with E-state index in [1.807, 2.05) is 18.5 Å². The van der Waals surface area contributed by atoms with E-state index in [0.717, 1.165) is 31.6 Å². The Hall–Kier alpha value is -2.10. The van der Waals surface area contributed by atoms with Gasteiger partial charge in [-0.1, -0.05) is 29.8 Å². The molecule has 1 aromatic carbocycles. The lowest BCUT2D eigenvalue weighted by Gasteiger charge is -2.24. The molecule has 1 unspecified atom stereocenters. The van der Waals surface area contributed by atoms with E-state index in [2.05, 4.69) is 40.0 Å². The molecule has 1 aromatic heterocycles. The third kappa shape index (κ3) is 3.51. The fraction of sp³-hybridized carbons (Fsp3) is 0.412. The van der Waals surface area contributed by atoms with Gasteiger partial charge in [-0.05, 0) is 25.3 Å². The van der Waals surface area contributed by atoms with Gasteiger partial charge in [0.25, 0.3) is 0 Å². The van der Waals surface area contributed by atoms with Crippen LogP contribution in [0.5, 0.6) is 0 Å². The quantitative estimate of drug-likeness (QED) is 0.935. The van der Waals surface area contributed by atoms with Crippen LogP contribution in [0.1, 0.15) is 29.8 Å². The normalized spacial score (nSPS) is 17.3. The van der Waals surface area contributed by atoms with Crippen LogP contribution >= 0.6 is 0 Å². The smallest absolute Gasteiger partial charge is 0.220 e. The Labute approximate surface area is 125 Å². The van der Waals surface area contributed by atoms with E-state index < -0.39 is 0 Å². The van der Waals surface area contributed by atoms with Crippen LogP contribution in [0.3, 0.4) is 0 Å². The molecule has 1 aliphatic rings. The van der Waals surface area contributed by atoms with Gasteiger partial charge in [-0.25, -0.2) is 4.98 Å². The number of carbonyl (C=O) groups is 1. The second-order valence-corrected chi connectivity index (χ2v) is 5.78. The van der Waals surface area contributed by atoms with E-state index in [1.165, 1.54) is 11.1 Å². The van der Waals surface area contributed by atoms with Gasteiger partial charge in [-0.15, -0.1) is 0 Å². The fourth-order valence-corrected chi connectivity index (χ4v) is 2.90. The summed E-state index contributed by atoms with van der Waals surface area (Å²) in [5.41, 5.74) is 2.47. The summed E-state index contributed by atoms with van der Waals surface area (Å²) in [6.07, 6.45) is 7.01. The van der Waals surface area contributed by atoms with Crippen molar-refractivity contribution in [2.24, 2.45) is 0 Å². The Morgan fingerprint density at radius 1 is 1.48 bits per heavy atom. The number of fused-ring (bicyclic) bond motifs is 1. The van der Waals surface area contributed by atoms with Gasteiger partial charge in [-0.3, -0.25) is 4.79 Å². The highest BCUT2D eigenvalue weighted by Gasteiger charge is 2.20. The van der Waals surface area contributed by atoms with Crippen molar-refractivity contribution in [3.8, 4) is 0 Å². The van der Waals surface area contributed by atoms with Gasteiger partial charge in [0.15, 0.2) is 0 Å². The second kappa shape index (κ2) is 6.12. The Morgan fingerprint density at radius 3 is 3.24 bits per heavy atom. The van der Waals surface area contributed by atoms with Crippen LogP contribution in [-0.4, -0.2) is 21.5 Å². The first-order chi connectivity index (χ1) is 10.2. The largest absolute Gasteiger partial charge is 0.353 e. The molecule has 0 spiro atoms. The first-order valence-corrected chi connectivity index (χ1v) is 7.55. The monoisotopic (exact) mass is 283 g/mol. The van der Waals surface area contributed by atoms with Gasteiger partial charge in [0, 0.05) is 37.8 Å². The van der Waals surface area contributed by atoms with Crippen LogP contribution in [0, 0.1) is 6.92 Å². The summed E-state index contributed by atoms with van der Waals surface area (Å²) in [6, 6.07) is 8.57. The summed E-state index contributed by atoms with van der Waals surface area (Å²) in [5, 5.41) is 3.14. The topological polar surface area (TPSA) is 46.9 Å². The minimum atomic E-state index is 0.140. The number of imidazole rings is 1. The van der Waals surface area contributed by atoms with E-state index in [0.29, 0.717) is 6.42 Å². The van der Waals surface area contributed by atoms with Gasteiger partial charge in [0.05, 0.1) is 0 Å². The van der Waals surface area contributed by atoms with Gasteiger partial charge >= 0.3 is 0 Å². The molecule has 21 heavy (non-hydrogen) atoms. The van der Waals surface area contributed by atoms with E-state index >= 15 is 0 Å².